The van der Waals surface area contributed by atoms with Gasteiger partial charge in [0.25, 0.3) is 11.1 Å². The van der Waals surface area contributed by atoms with Gasteiger partial charge in [0.1, 0.15) is 10.6 Å². The number of H-pyrrole nitrogens is 1. The van der Waals surface area contributed by atoms with Crippen LogP contribution >= 0.6 is 11.3 Å². The quantitative estimate of drug-likeness (QED) is 0.459. The molecule has 11 nitrogen and oxygen atoms in total. The zero-order valence-corrected chi connectivity index (χ0v) is 20.8. The molecule has 184 valence electrons. The van der Waals surface area contributed by atoms with Crippen LogP contribution in [0.5, 0.6) is 0 Å². The van der Waals surface area contributed by atoms with Crippen LogP contribution in [0, 0.1) is 19.8 Å². The number of nitrogens with zero attached hydrogens (tertiary/aromatic N) is 4. The highest BCUT2D eigenvalue weighted by Gasteiger charge is 2.24. The summed E-state index contributed by atoms with van der Waals surface area (Å²) < 4.78 is 7.75. The lowest BCUT2D eigenvalue weighted by Crippen LogP contribution is -2.43. The predicted molar refractivity (Wildman–Crippen MR) is 133 cm³/mol. The molecule has 0 aromatic carbocycles. The van der Waals surface area contributed by atoms with Crippen LogP contribution in [0.25, 0.3) is 10.2 Å². The third-order valence-electron chi connectivity index (χ3n) is 5.57. The number of anilines is 2. The van der Waals surface area contributed by atoms with Crippen LogP contribution in [0.2, 0.25) is 0 Å². The van der Waals surface area contributed by atoms with E-state index >= 15 is 0 Å². The predicted octanol–water partition coefficient (Wildman–Crippen LogP) is 1.23. The number of thiophene rings is 1. The number of carbonyl (C=O) groups excluding carboxylic acids is 1. The fraction of sp³-hybridized carbons (Fsp3) is 0.500. The Morgan fingerprint density at radius 3 is 2.65 bits per heavy atom. The number of nitrogens with one attached hydrogen (secondary N) is 1. The third kappa shape index (κ3) is 4.97. The Labute approximate surface area is 199 Å². The van der Waals surface area contributed by atoms with Crippen LogP contribution in [0.1, 0.15) is 30.7 Å². The van der Waals surface area contributed by atoms with Crippen LogP contribution in [-0.4, -0.2) is 45.3 Å². The molecular formula is C22H30N6O5S. The van der Waals surface area contributed by atoms with Crippen molar-refractivity contribution in [2.45, 2.75) is 47.2 Å². The van der Waals surface area contributed by atoms with Crippen molar-refractivity contribution in [3.05, 3.63) is 48.0 Å². The summed E-state index contributed by atoms with van der Waals surface area (Å²) in [5.41, 5.74) is 5.37. The SMILES string of the molecule is COCCN(C(=O)CCn1cnc2sc(C)c(C)c2c1=O)c1c(N)n(CC(C)C)c(=O)[nH]c1=O. The molecular weight excluding hydrogens is 460 g/mol. The monoisotopic (exact) mass is 490 g/mol. The van der Waals surface area contributed by atoms with Gasteiger partial charge < -0.3 is 15.4 Å². The largest absolute Gasteiger partial charge is 0.383 e. The first-order valence-corrected chi connectivity index (χ1v) is 11.8. The number of amides is 1. The summed E-state index contributed by atoms with van der Waals surface area (Å²) in [5.74, 6) is -0.439. The van der Waals surface area contributed by atoms with Crippen LogP contribution < -0.4 is 27.4 Å². The first-order chi connectivity index (χ1) is 16.1. The van der Waals surface area contributed by atoms with Gasteiger partial charge in [0, 0.05) is 38.0 Å². The third-order valence-corrected chi connectivity index (χ3v) is 6.69. The van der Waals surface area contributed by atoms with Crippen LogP contribution in [0.4, 0.5) is 11.5 Å². The van der Waals surface area contributed by atoms with Gasteiger partial charge in [-0.05, 0) is 25.3 Å². The van der Waals surface area contributed by atoms with Crippen LogP contribution in [-0.2, 0) is 22.6 Å². The summed E-state index contributed by atoms with van der Waals surface area (Å²) in [6.45, 7) is 8.17. The standard InChI is InChI=1S/C22H30N6O5S/c1-12(2)10-28-18(23)17(19(30)25-22(28)32)27(8-9-33-5)15(29)6-7-26-11-24-20-16(21(26)31)13(3)14(4)34-20/h11-12H,6-10,23H2,1-5H3,(H,25,30,32). The fourth-order valence-electron chi connectivity index (χ4n) is 3.71. The Morgan fingerprint density at radius 2 is 2.00 bits per heavy atom. The number of nitrogens with two attached hydrogens (primary N) is 1. The Morgan fingerprint density at radius 1 is 1.29 bits per heavy atom. The average molecular weight is 491 g/mol. The van der Waals surface area contributed by atoms with Gasteiger partial charge in [0.15, 0.2) is 5.69 Å². The molecule has 0 saturated carbocycles. The number of rotatable bonds is 9. The molecule has 0 fully saturated rings. The maximum absolute atomic E-state index is 13.2. The minimum Gasteiger partial charge on any atom is -0.383 e. The van der Waals surface area contributed by atoms with Gasteiger partial charge in [-0.3, -0.25) is 28.5 Å². The van der Waals surface area contributed by atoms with E-state index in [9.17, 15) is 19.2 Å². The molecule has 0 spiro atoms. The van der Waals surface area contributed by atoms with Gasteiger partial charge in [-0.25, -0.2) is 9.78 Å². The molecule has 0 aliphatic carbocycles. The van der Waals surface area contributed by atoms with E-state index in [0.29, 0.717) is 10.2 Å². The Hall–Kier alpha value is -3.25. The van der Waals surface area contributed by atoms with Crippen LogP contribution in [0.3, 0.4) is 0 Å². The molecule has 34 heavy (non-hydrogen) atoms. The van der Waals surface area contributed by atoms with E-state index in [1.807, 2.05) is 27.7 Å². The van der Waals surface area contributed by atoms with Crippen molar-refractivity contribution in [1.82, 2.24) is 19.1 Å². The van der Waals surface area contributed by atoms with Crippen LogP contribution in [0.15, 0.2) is 20.7 Å². The first-order valence-electron chi connectivity index (χ1n) is 10.9. The normalized spacial score (nSPS) is 11.5. The minimum absolute atomic E-state index is 0.0531. The van der Waals surface area contributed by atoms with E-state index in [1.165, 1.54) is 38.8 Å². The van der Waals surface area contributed by atoms with Gasteiger partial charge in [-0.1, -0.05) is 13.8 Å². The second-order valence-electron chi connectivity index (χ2n) is 8.49. The number of fused-ring (bicyclic) bond motifs is 1. The number of carbonyl (C=O) groups is 1. The van der Waals surface area contributed by atoms with Gasteiger partial charge in [0.2, 0.25) is 5.91 Å². The summed E-state index contributed by atoms with van der Waals surface area (Å²) in [6.07, 6.45) is 1.35. The van der Waals surface area contributed by atoms with Crippen molar-refractivity contribution in [2.24, 2.45) is 5.92 Å². The maximum atomic E-state index is 13.2. The highest BCUT2D eigenvalue weighted by Crippen LogP contribution is 2.25. The van der Waals surface area contributed by atoms with Crippen molar-refractivity contribution >= 4 is 39.0 Å². The maximum Gasteiger partial charge on any atom is 0.330 e. The highest BCUT2D eigenvalue weighted by molar-refractivity contribution is 7.18. The Kier molecular flexibility index (Phi) is 7.72. The lowest BCUT2D eigenvalue weighted by atomic mass is 10.2. The lowest BCUT2D eigenvalue weighted by molar-refractivity contribution is -0.119. The number of aryl methyl sites for hydroxylation is 3. The van der Waals surface area contributed by atoms with E-state index in [1.54, 1.807) is 0 Å². The summed E-state index contributed by atoms with van der Waals surface area (Å²) in [6, 6.07) is 0. The second kappa shape index (κ2) is 10.3. The molecule has 3 N–H and O–H groups in total. The van der Waals surface area contributed by atoms with E-state index in [2.05, 4.69) is 9.97 Å². The molecule has 0 aliphatic heterocycles. The number of methoxy groups -OCH3 is 1. The number of aromatic nitrogens is 4. The van der Waals surface area contributed by atoms with Crippen molar-refractivity contribution in [1.29, 1.82) is 0 Å². The molecule has 3 aromatic rings. The average Bonchev–Trinajstić information content (AvgIpc) is 3.06. The first kappa shape index (κ1) is 25.4. The molecule has 3 aromatic heterocycles. The van der Waals surface area contributed by atoms with Gasteiger partial charge >= 0.3 is 5.69 Å². The van der Waals surface area contributed by atoms with Crippen molar-refractivity contribution in [3.8, 4) is 0 Å². The molecule has 0 bridgehead atoms. The fourth-order valence-corrected chi connectivity index (χ4v) is 4.70. The minimum atomic E-state index is -0.753. The summed E-state index contributed by atoms with van der Waals surface area (Å²) in [4.78, 5) is 60.7. The molecule has 0 atom stereocenters. The number of nitrogen functional groups attached to an aromatic ring is 1. The molecule has 0 saturated heterocycles. The lowest BCUT2D eigenvalue weighted by Gasteiger charge is -2.25. The number of aromatic amines is 1. The zero-order chi connectivity index (χ0) is 25.2. The molecule has 0 radical (unpaired) electrons. The Balaban J connectivity index is 1.95. The topological polar surface area (TPSA) is 145 Å². The van der Waals surface area contributed by atoms with Crippen molar-refractivity contribution in [2.75, 3.05) is 30.9 Å². The highest BCUT2D eigenvalue weighted by atomic mass is 32.1. The summed E-state index contributed by atoms with van der Waals surface area (Å²) in [7, 11) is 1.47. The molecule has 12 heteroatoms. The van der Waals surface area contributed by atoms with E-state index in [0.717, 1.165) is 10.4 Å². The van der Waals surface area contributed by atoms with Crippen molar-refractivity contribution < 1.29 is 9.53 Å². The summed E-state index contributed by atoms with van der Waals surface area (Å²) >= 11 is 1.45. The molecule has 3 heterocycles. The van der Waals surface area contributed by atoms with Gasteiger partial charge in [0.05, 0.1) is 18.3 Å². The summed E-state index contributed by atoms with van der Waals surface area (Å²) in [5, 5.41) is 0.551. The second-order valence-corrected chi connectivity index (χ2v) is 9.70. The van der Waals surface area contributed by atoms with Crippen molar-refractivity contribution in [3.63, 3.8) is 0 Å². The van der Waals surface area contributed by atoms with Gasteiger partial charge in [-0.2, -0.15) is 0 Å². The number of hydrogen-bond acceptors (Lipinski definition) is 8. The number of hydrogen-bond donors (Lipinski definition) is 2. The molecule has 3 rings (SSSR count). The van der Waals surface area contributed by atoms with Gasteiger partial charge in [-0.15, -0.1) is 11.3 Å². The van der Waals surface area contributed by atoms with E-state index in [-0.39, 0.29) is 55.6 Å². The zero-order valence-electron chi connectivity index (χ0n) is 20.0. The molecule has 0 unspecified atom stereocenters. The molecule has 0 aliphatic rings. The number of ether oxygens (including phenoxy) is 1. The smallest absolute Gasteiger partial charge is 0.330 e. The molecule has 1 amide bonds. The van der Waals surface area contributed by atoms with E-state index in [4.69, 9.17) is 10.5 Å². The van der Waals surface area contributed by atoms with E-state index < -0.39 is 17.2 Å². The Bertz CT molecular complexity index is 1380.